The standard InChI is InChI=1S/C29H40N6O5S2/c1-21-9-13-35(14-10-21)42(38,39)27-22(2)41-28-26(27)29(37)34(20-31-28)19-25(36)30-11-4-12-32-15-17-33(18-16-32)23-5-7-24(40-3)8-6-23/h5-8,20-21H,4,9-19H2,1-3H3,(H,30,36). The van der Waals surface area contributed by atoms with Crippen molar-refractivity contribution in [2.75, 3.05) is 64.4 Å². The number of ether oxygens (including phenoxy) is 1. The summed E-state index contributed by atoms with van der Waals surface area (Å²) in [4.78, 5) is 36.2. The Bertz CT molecular complexity index is 1550. The van der Waals surface area contributed by atoms with Crippen LogP contribution in [0.25, 0.3) is 10.2 Å². The Labute approximate surface area is 251 Å². The Kier molecular flexibility index (Phi) is 9.50. The molecule has 11 nitrogen and oxygen atoms in total. The third-order valence-corrected chi connectivity index (χ3v) is 11.5. The molecule has 42 heavy (non-hydrogen) atoms. The molecule has 2 aromatic heterocycles. The molecule has 13 heteroatoms. The number of nitrogens with zero attached hydrogens (tertiary/aromatic N) is 5. The van der Waals surface area contributed by atoms with Crippen LogP contribution in [0, 0.1) is 12.8 Å². The second-order valence-corrected chi connectivity index (χ2v) is 14.2. The molecule has 3 aromatic rings. The maximum absolute atomic E-state index is 13.6. The fourth-order valence-electron chi connectivity index (χ4n) is 5.65. The molecule has 228 valence electrons. The number of piperidine rings is 1. The van der Waals surface area contributed by atoms with Gasteiger partial charge in [-0.1, -0.05) is 6.92 Å². The quantitative estimate of drug-likeness (QED) is 0.346. The van der Waals surface area contributed by atoms with Gasteiger partial charge in [0.25, 0.3) is 5.56 Å². The average Bonchev–Trinajstić information content (AvgIpc) is 3.35. The molecule has 2 aliphatic heterocycles. The van der Waals surface area contributed by atoms with Gasteiger partial charge in [0.05, 0.1) is 18.8 Å². The summed E-state index contributed by atoms with van der Waals surface area (Å²) in [6.07, 6.45) is 3.72. The summed E-state index contributed by atoms with van der Waals surface area (Å²) in [5, 5.41) is 2.98. The summed E-state index contributed by atoms with van der Waals surface area (Å²) in [5.41, 5.74) is 0.687. The van der Waals surface area contributed by atoms with Crippen LogP contribution in [0.1, 0.15) is 31.1 Å². The van der Waals surface area contributed by atoms with Gasteiger partial charge in [0.1, 0.15) is 22.0 Å². The molecule has 1 N–H and O–H groups in total. The molecule has 0 radical (unpaired) electrons. The molecule has 1 aromatic carbocycles. The number of aryl methyl sites for hydroxylation is 1. The highest BCUT2D eigenvalue weighted by Gasteiger charge is 2.33. The number of carbonyl (C=O) groups excluding carboxylic acids is 1. The third kappa shape index (κ3) is 6.64. The van der Waals surface area contributed by atoms with Gasteiger partial charge in [0.2, 0.25) is 15.9 Å². The molecule has 0 atom stereocenters. The van der Waals surface area contributed by atoms with Gasteiger partial charge in [-0.2, -0.15) is 4.31 Å². The molecule has 2 aliphatic rings. The minimum absolute atomic E-state index is 0.0383. The summed E-state index contributed by atoms with van der Waals surface area (Å²) in [5.74, 6) is 1.02. The molecule has 0 aliphatic carbocycles. The number of aromatic nitrogens is 2. The van der Waals surface area contributed by atoms with E-state index < -0.39 is 15.6 Å². The zero-order valence-corrected chi connectivity index (χ0v) is 26.2. The molecule has 0 bridgehead atoms. The molecule has 5 rings (SSSR count). The van der Waals surface area contributed by atoms with Crippen molar-refractivity contribution in [1.82, 2.24) is 24.1 Å². The lowest BCUT2D eigenvalue weighted by Gasteiger charge is -2.36. The van der Waals surface area contributed by atoms with Crippen molar-refractivity contribution in [3.8, 4) is 5.75 Å². The van der Waals surface area contributed by atoms with Crippen molar-refractivity contribution < 1.29 is 17.9 Å². The molecular formula is C29H40N6O5S2. The molecule has 2 saturated heterocycles. The summed E-state index contributed by atoms with van der Waals surface area (Å²) in [6, 6.07) is 8.11. The number of piperazine rings is 1. The summed E-state index contributed by atoms with van der Waals surface area (Å²) < 4.78 is 35.0. The Morgan fingerprint density at radius 3 is 2.45 bits per heavy atom. The number of thiophene rings is 1. The van der Waals surface area contributed by atoms with Gasteiger partial charge < -0.3 is 15.0 Å². The topological polar surface area (TPSA) is 117 Å². The van der Waals surface area contributed by atoms with Gasteiger partial charge in [-0.05, 0) is 62.9 Å². The number of amides is 1. The first-order valence-corrected chi connectivity index (χ1v) is 16.8. The number of rotatable bonds is 10. The van der Waals surface area contributed by atoms with Crippen LogP contribution in [0.3, 0.4) is 0 Å². The van der Waals surface area contributed by atoms with E-state index in [1.807, 2.05) is 12.1 Å². The fourth-order valence-corrected chi connectivity index (χ4v) is 8.79. The Morgan fingerprint density at radius 2 is 1.79 bits per heavy atom. The van der Waals surface area contributed by atoms with Crippen molar-refractivity contribution in [2.24, 2.45) is 5.92 Å². The van der Waals surface area contributed by atoms with Crippen molar-refractivity contribution in [3.63, 3.8) is 0 Å². The maximum atomic E-state index is 13.6. The highest BCUT2D eigenvalue weighted by atomic mass is 32.2. The van der Waals surface area contributed by atoms with Crippen LogP contribution in [0.5, 0.6) is 5.75 Å². The Morgan fingerprint density at radius 1 is 1.10 bits per heavy atom. The van der Waals surface area contributed by atoms with Gasteiger partial charge in [-0.3, -0.25) is 19.1 Å². The van der Waals surface area contributed by atoms with E-state index in [1.165, 1.54) is 32.2 Å². The van der Waals surface area contributed by atoms with E-state index in [0.717, 1.165) is 57.7 Å². The van der Waals surface area contributed by atoms with Gasteiger partial charge >= 0.3 is 0 Å². The predicted octanol–water partition coefficient (Wildman–Crippen LogP) is 2.52. The van der Waals surface area contributed by atoms with Crippen LogP contribution in [0.4, 0.5) is 5.69 Å². The zero-order chi connectivity index (χ0) is 29.9. The molecule has 2 fully saturated rings. The SMILES string of the molecule is COc1ccc(N2CCN(CCCNC(=O)Cn3cnc4sc(C)c(S(=O)(=O)N5CCC(C)CC5)c4c3=O)CC2)cc1. The highest BCUT2D eigenvalue weighted by Crippen LogP contribution is 2.34. The average molecular weight is 617 g/mol. The van der Waals surface area contributed by atoms with E-state index >= 15 is 0 Å². The molecule has 0 spiro atoms. The first-order chi connectivity index (χ1) is 20.2. The van der Waals surface area contributed by atoms with Crippen LogP contribution in [0.15, 0.2) is 40.3 Å². The van der Waals surface area contributed by atoms with E-state index in [4.69, 9.17) is 4.74 Å². The largest absolute Gasteiger partial charge is 0.497 e. The first kappa shape index (κ1) is 30.5. The molecule has 1 amide bonds. The number of sulfonamides is 1. The number of hydrogen-bond acceptors (Lipinski definition) is 9. The Hall–Kier alpha value is -3.00. The van der Waals surface area contributed by atoms with Crippen LogP contribution in [0.2, 0.25) is 0 Å². The lowest BCUT2D eigenvalue weighted by Crippen LogP contribution is -2.47. The number of benzene rings is 1. The lowest BCUT2D eigenvalue weighted by molar-refractivity contribution is -0.121. The first-order valence-electron chi connectivity index (χ1n) is 14.5. The predicted molar refractivity (Wildman–Crippen MR) is 165 cm³/mol. The highest BCUT2D eigenvalue weighted by molar-refractivity contribution is 7.89. The van der Waals surface area contributed by atoms with E-state index in [9.17, 15) is 18.0 Å². The van der Waals surface area contributed by atoms with Crippen LogP contribution >= 0.6 is 11.3 Å². The number of nitrogens with one attached hydrogen (secondary N) is 1. The molecular weight excluding hydrogens is 576 g/mol. The van der Waals surface area contributed by atoms with Crippen molar-refractivity contribution in [3.05, 3.63) is 45.8 Å². The van der Waals surface area contributed by atoms with E-state index in [-0.39, 0.29) is 22.7 Å². The number of methoxy groups -OCH3 is 1. The van der Waals surface area contributed by atoms with E-state index in [0.29, 0.717) is 35.3 Å². The van der Waals surface area contributed by atoms with Gasteiger partial charge in [0, 0.05) is 56.4 Å². The number of carbonyl (C=O) groups is 1. The number of anilines is 1. The van der Waals surface area contributed by atoms with Gasteiger partial charge in [0.15, 0.2) is 0 Å². The summed E-state index contributed by atoms with van der Waals surface area (Å²) in [6.45, 7) is 9.63. The zero-order valence-electron chi connectivity index (χ0n) is 24.5. The normalized spacial score (nSPS) is 17.5. The summed E-state index contributed by atoms with van der Waals surface area (Å²) >= 11 is 1.20. The van der Waals surface area contributed by atoms with E-state index in [2.05, 4.69) is 39.2 Å². The molecule has 0 saturated carbocycles. The van der Waals surface area contributed by atoms with Crippen LogP contribution < -0.4 is 20.5 Å². The minimum Gasteiger partial charge on any atom is -0.497 e. The number of hydrogen-bond donors (Lipinski definition) is 1. The van der Waals surface area contributed by atoms with Gasteiger partial charge in [-0.25, -0.2) is 13.4 Å². The van der Waals surface area contributed by atoms with Gasteiger partial charge in [-0.15, -0.1) is 11.3 Å². The second kappa shape index (κ2) is 13.1. The summed E-state index contributed by atoms with van der Waals surface area (Å²) in [7, 11) is -2.17. The Balaban J connectivity index is 1.13. The van der Waals surface area contributed by atoms with Crippen LogP contribution in [-0.2, 0) is 21.4 Å². The monoisotopic (exact) mass is 616 g/mol. The van der Waals surface area contributed by atoms with Crippen molar-refractivity contribution in [2.45, 2.75) is 44.6 Å². The number of fused-ring (bicyclic) bond motifs is 1. The molecule has 4 heterocycles. The second-order valence-electron chi connectivity index (χ2n) is 11.2. The van der Waals surface area contributed by atoms with Crippen molar-refractivity contribution >= 4 is 43.2 Å². The van der Waals surface area contributed by atoms with Crippen LogP contribution in [-0.4, -0.2) is 92.5 Å². The van der Waals surface area contributed by atoms with Crippen molar-refractivity contribution in [1.29, 1.82) is 0 Å². The smallest absolute Gasteiger partial charge is 0.263 e. The molecule has 0 unspecified atom stereocenters. The maximum Gasteiger partial charge on any atom is 0.263 e. The third-order valence-electron chi connectivity index (χ3n) is 8.24. The fraction of sp³-hybridized carbons (Fsp3) is 0.552. The minimum atomic E-state index is -3.84. The lowest BCUT2D eigenvalue weighted by atomic mass is 10.0. The van der Waals surface area contributed by atoms with E-state index in [1.54, 1.807) is 14.0 Å².